The second-order valence-electron chi connectivity index (χ2n) is 3.62. The molecule has 0 aliphatic rings. The van der Waals surface area contributed by atoms with Gasteiger partial charge in [0, 0.05) is 10.8 Å². The van der Waals surface area contributed by atoms with Crippen molar-refractivity contribution in [3.63, 3.8) is 0 Å². The topological polar surface area (TPSA) is 115 Å². The van der Waals surface area contributed by atoms with Gasteiger partial charge < -0.3 is 20.4 Å². The number of hydrogen-bond donors (Lipinski definition) is 4. The second-order valence-corrected chi connectivity index (χ2v) is 3.62. The zero-order chi connectivity index (χ0) is 13.4. The van der Waals surface area contributed by atoms with E-state index in [1.54, 1.807) is 0 Å². The maximum absolute atomic E-state index is 11.0. The minimum Gasteiger partial charge on any atom is -0.507 e. The van der Waals surface area contributed by atoms with Crippen molar-refractivity contribution >= 4 is 22.7 Å². The summed E-state index contributed by atoms with van der Waals surface area (Å²) in [4.78, 5) is 22.1. The molecule has 0 aliphatic heterocycles. The van der Waals surface area contributed by atoms with Crippen molar-refractivity contribution in [2.24, 2.45) is 0 Å². The summed E-state index contributed by atoms with van der Waals surface area (Å²) in [7, 11) is 0. The van der Waals surface area contributed by atoms with E-state index in [1.807, 2.05) is 0 Å². The van der Waals surface area contributed by atoms with Crippen LogP contribution in [0.3, 0.4) is 0 Å². The standard InChI is InChI=1S/C12H8O6/c13-7-3-1-5-6(10(7)12(17)18)2-4-8(14)9(5)11(15)16/h1-4,13-14H,(H,15,16)(H,17,18). The summed E-state index contributed by atoms with van der Waals surface area (Å²) in [6.07, 6.45) is 0. The van der Waals surface area contributed by atoms with E-state index in [0.717, 1.165) is 12.1 Å². The summed E-state index contributed by atoms with van der Waals surface area (Å²) in [5.41, 5.74) is -0.787. The largest absolute Gasteiger partial charge is 0.507 e. The average Bonchev–Trinajstić information content (AvgIpc) is 2.27. The number of carboxylic acids is 2. The Morgan fingerprint density at radius 2 is 1.06 bits per heavy atom. The van der Waals surface area contributed by atoms with Gasteiger partial charge in [-0.3, -0.25) is 0 Å². The van der Waals surface area contributed by atoms with Crippen LogP contribution in [0.1, 0.15) is 20.7 Å². The van der Waals surface area contributed by atoms with E-state index in [4.69, 9.17) is 10.2 Å². The predicted molar refractivity (Wildman–Crippen MR) is 61.2 cm³/mol. The van der Waals surface area contributed by atoms with Crippen molar-refractivity contribution in [3.8, 4) is 11.5 Å². The lowest BCUT2D eigenvalue weighted by atomic mass is 9.98. The van der Waals surface area contributed by atoms with E-state index in [-0.39, 0.29) is 10.8 Å². The van der Waals surface area contributed by atoms with Crippen LogP contribution in [0.15, 0.2) is 24.3 Å². The molecule has 92 valence electrons. The van der Waals surface area contributed by atoms with Crippen LogP contribution in [-0.2, 0) is 0 Å². The number of aromatic hydroxyl groups is 2. The SMILES string of the molecule is O=C(O)c1c(O)ccc2c(C(=O)O)c(O)ccc12. The highest BCUT2D eigenvalue weighted by Gasteiger charge is 2.20. The van der Waals surface area contributed by atoms with Gasteiger partial charge in [-0.25, -0.2) is 9.59 Å². The van der Waals surface area contributed by atoms with E-state index in [2.05, 4.69) is 0 Å². The Labute approximate surface area is 100 Å². The lowest BCUT2D eigenvalue weighted by Gasteiger charge is -2.08. The Bertz CT molecular complexity index is 615. The zero-order valence-corrected chi connectivity index (χ0v) is 8.91. The maximum Gasteiger partial charge on any atom is 0.340 e. The molecule has 2 aromatic carbocycles. The van der Waals surface area contributed by atoms with Crippen LogP contribution in [-0.4, -0.2) is 32.4 Å². The molecule has 18 heavy (non-hydrogen) atoms. The third-order valence-electron chi connectivity index (χ3n) is 2.58. The summed E-state index contributed by atoms with van der Waals surface area (Å²) in [5.74, 6) is -3.67. The maximum atomic E-state index is 11.0. The van der Waals surface area contributed by atoms with E-state index in [9.17, 15) is 19.8 Å². The quantitative estimate of drug-likeness (QED) is 0.642. The molecule has 0 radical (unpaired) electrons. The molecular weight excluding hydrogens is 240 g/mol. The fraction of sp³-hybridized carbons (Fsp3) is 0. The monoisotopic (exact) mass is 248 g/mol. The van der Waals surface area contributed by atoms with Crippen molar-refractivity contribution in [1.82, 2.24) is 0 Å². The highest BCUT2D eigenvalue weighted by atomic mass is 16.4. The van der Waals surface area contributed by atoms with Gasteiger partial charge in [0.2, 0.25) is 0 Å². The van der Waals surface area contributed by atoms with Crippen molar-refractivity contribution in [2.75, 3.05) is 0 Å². The van der Waals surface area contributed by atoms with E-state index in [0.29, 0.717) is 0 Å². The summed E-state index contributed by atoms with van der Waals surface area (Å²) in [6.45, 7) is 0. The molecular formula is C12H8O6. The van der Waals surface area contributed by atoms with Crippen LogP contribution >= 0.6 is 0 Å². The highest BCUT2D eigenvalue weighted by molar-refractivity contribution is 6.13. The number of fused-ring (bicyclic) bond motifs is 1. The smallest absolute Gasteiger partial charge is 0.340 e. The van der Waals surface area contributed by atoms with Gasteiger partial charge in [-0.2, -0.15) is 0 Å². The Morgan fingerprint density at radius 1 is 0.722 bits per heavy atom. The van der Waals surface area contributed by atoms with Crippen LogP contribution in [0.5, 0.6) is 11.5 Å². The van der Waals surface area contributed by atoms with Gasteiger partial charge in [0.25, 0.3) is 0 Å². The van der Waals surface area contributed by atoms with E-state index in [1.165, 1.54) is 12.1 Å². The van der Waals surface area contributed by atoms with Crippen molar-refractivity contribution in [3.05, 3.63) is 35.4 Å². The lowest BCUT2D eigenvalue weighted by Crippen LogP contribution is -2.02. The Balaban J connectivity index is 2.98. The molecule has 0 spiro atoms. The summed E-state index contributed by atoms with van der Waals surface area (Å²) < 4.78 is 0. The molecule has 0 fully saturated rings. The summed E-state index contributed by atoms with van der Waals surface area (Å²) in [5, 5.41) is 37.1. The molecule has 0 bridgehead atoms. The van der Waals surface area contributed by atoms with Crippen LogP contribution in [0, 0.1) is 0 Å². The predicted octanol–water partition coefficient (Wildman–Crippen LogP) is 1.65. The fourth-order valence-corrected chi connectivity index (χ4v) is 1.83. The first-order chi connectivity index (χ1) is 8.43. The molecule has 4 N–H and O–H groups in total. The molecule has 0 amide bonds. The summed E-state index contributed by atoms with van der Waals surface area (Å²) in [6, 6.07) is 4.66. The molecule has 0 unspecified atom stereocenters. The van der Waals surface area contributed by atoms with Gasteiger partial charge in [-0.05, 0) is 24.3 Å². The molecule has 2 aromatic rings. The number of hydrogen-bond acceptors (Lipinski definition) is 4. The van der Waals surface area contributed by atoms with Crippen LogP contribution in [0.4, 0.5) is 0 Å². The molecule has 0 heterocycles. The minimum absolute atomic E-state index is 0.0534. The van der Waals surface area contributed by atoms with Crippen LogP contribution in [0.2, 0.25) is 0 Å². The van der Waals surface area contributed by atoms with Gasteiger partial charge in [0.1, 0.15) is 22.6 Å². The van der Waals surface area contributed by atoms with Crippen molar-refractivity contribution in [2.45, 2.75) is 0 Å². The number of carbonyl (C=O) groups is 2. The first-order valence-electron chi connectivity index (χ1n) is 4.87. The molecule has 0 saturated carbocycles. The molecule has 0 aromatic heterocycles. The molecule has 2 rings (SSSR count). The van der Waals surface area contributed by atoms with Gasteiger partial charge in [-0.1, -0.05) is 0 Å². The Kier molecular flexibility index (Phi) is 2.55. The molecule has 6 nitrogen and oxygen atoms in total. The van der Waals surface area contributed by atoms with Gasteiger partial charge in [-0.15, -0.1) is 0 Å². The minimum atomic E-state index is -1.37. The number of aromatic carboxylic acids is 2. The Morgan fingerprint density at radius 3 is 1.33 bits per heavy atom. The lowest BCUT2D eigenvalue weighted by molar-refractivity contribution is 0.0682. The normalized spacial score (nSPS) is 10.4. The number of carboxylic acid groups (broad SMARTS) is 2. The van der Waals surface area contributed by atoms with Gasteiger partial charge in [0.05, 0.1) is 0 Å². The van der Waals surface area contributed by atoms with Gasteiger partial charge >= 0.3 is 11.9 Å². The molecule has 0 atom stereocenters. The van der Waals surface area contributed by atoms with E-state index < -0.39 is 34.6 Å². The number of benzene rings is 2. The first-order valence-corrected chi connectivity index (χ1v) is 4.87. The third kappa shape index (κ3) is 1.60. The van der Waals surface area contributed by atoms with Crippen molar-refractivity contribution in [1.29, 1.82) is 0 Å². The van der Waals surface area contributed by atoms with Crippen LogP contribution < -0.4 is 0 Å². The molecule has 0 aliphatic carbocycles. The molecule has 6 heteroatoms. The number of phenols is 2. The summed E-state index contributed by atoms with van der Waals surface area (Å²) >= 11 is 0. The second kappa shape index (κ2) is 3.92. The average molecular weight is 248 g/mol. The third-order valence-corrected chi connectivity index (χ3v) is 2.58. The number of rotatable bonds is 2. The highest BCUT2D eigenvalue weighted by Crippen LogP contribution is 2.33. The first kappa shape index (κ1) is 11.7. The fourth-order valence-electron chi connectivity index (χ4n) is 1.83. The van der Waals surface area contributed by atoms with Crippen molar-refractivity contribution < 1.29 is 30.0 Å². The van der Waals surface area contributed by atoms with Crippen LogP contribution in [0.25, 0.3) is 10.8 Å². The van der Waals surface area contributed by atoms with E-state index >= 15 is 0 Å². The Hall–Kier alpha value is -2.76. The zero-order valence-electron chi connectivity index (χ0n) is 8.91. The van der Waals surface area contributed by atoms with Gasteiger partial charge in [0.15, 0.2) is 0 Å². The molecule has 0 saturated heterocycles.